The van der Waals surface area contributed by atoms with Gasteiger partial charge in [-0.1, -0.05) is 24.3 Å². The van der Waals surface area contributed by atoms with E-state index in [1.165, 1.54) is 5.92 Å². The van der Waals surface area contributed by atoms with Gasteiger partial charge in [-0.3, -0.25) is 4.79 Å². The first-order chi connectivity index (χ1) is 9.77. The van der Waals surface area contributed by atoms with Crippen LogP contribution in [0.25, 0.3) is 0 Å². The first-order valence-corrected chi connectivity index (χ1v) is 5.22. The van der Waals surface area contributed by atoms with E-state index in [4.69, 9.17) is 14.0 Å². The molecular weight excluding hydrogens is 442 g/mol. The van der Waals surface area contributed by atoms with Crippen LogP contribution < -0.4 is 0 Å². The third-order valence-electron chi connectivity index (χ3n) is 2.29. The largest absolute Gasteiger partial charge is 0 e. The normalized spacial score (nSPS) is 11.8. The van der Waals surface area contributed by atoms with Gasteiger partial charge in [-0.25, -0.2) is 0 Å². The monoisotopic (exact) mass is 454 g/mol. The molecule has 4 nitrogen and oxygen atoms in total. The van der Waals surface area contributed by atoms with Crippen molar-refractivity contribution < 1.29 is 39.2 Å². The molecule has 0 aromatic heterocycles. The van der Waals surface area contributed by atoms with Crippen molar-refractivity contribution in [3.05, 3.63) is 86.9 Å². The summed E-state index contributed by atoms with van der Waals surface area (Å²) in [6.07, 6.45) is 8.13. The van der Waals surface area contributed by atoms with Crippen LogP contribution in [0.1, 0.15) is 22.8 Å². The molecule has 5 heteroatoms. The van der Waals surface area contributed by atoms with Gasteiger partial charge in [0.2, 0.25) is 0 Å². The smallest absolute Gasteiger partial charge is 0 e. The average molecular weight is 453 g/mol. The van der Waals surface area contributed by atoms with Gasteiger partial charge < -0.3 is 0 Å². The average Bonchev–Trinajstić information content (AvgIpc) is 3.08. The summed E-state index contributed by atoms with van der Waals surface area (Å²) in [6.45, 7) is 15.1. The van der Waals surface area contributed by atoms with Gasteiger partial charge in [0.1, 0.15) is 0 Å². The van der Waals surface area contributed by atoms with Gasteiger partial charge in [0.15, 0.2) is 5.78 Å². The summed E-state index contributed by atoms with van der Waals surface area (Å²) in [7, 11) is 0. The standard InChI is InChI=1S/C13H11O.3CO.Re/c1-10(14)11-6-8-13(9-7-11)12-4-2-3-5-12;3*1-2;/h2-9H,1H3;;;;. The Labute approximate surface area is 139 Å². The SMILES string of the molecule is CC(=O)c1ccc([C]2[CH][CH][CH][CH]2)cc1.[C-]#[O+].[C-]#[O+].[C-]#[O+].[Re]. The second-order valence-electron chi connectivity index (χ2n) is 3.31. The molecule has 0 heterocycles. The van der Waals surface area contributed by atoms with Crippen LogP contribution >= 0.6 is 0 Å². The van der Waals surface area contributed by atoms with Crippen LogP contribution in [0.15, 0.2) is 24.3 Å². The summed E-state index contributed by atoms with van der Waals surface area (Å²) >= 11 is 0. The van der Waals surface area contributed by atoms with E-state index in [0.29, 0.717) is 0 Å². The van der Waals surface area contributed by atoms with E-state index in [0.717, 1.165) is 11.1 Å². The number of carbonyl (C=O) groups excluding carboxylic acids is 1. The fourth-order valence-electron chi connectivity index (χ4n) is 1.46. The van der Waals surface area contributed by atoms with E-state index < -0.39 is 0 Å². The number of hydrogen-bond donors (Lipinski definition) is 0. The molecule has 1 aliphatic rings. The fourth-order valence-corrected chi connectivity index (χ4v) is 1.46. The maximum atomic E-state index is 11.0. The first kappa shape index (κ1) is 24.8. The Morgan fingerprint density at radius 1 is 0.857 bits per heavy atom. The zero-order valence-electron chi connectivity index (χ0n) is 11.1. The Bertz CT molecular complexity index is 425. The Hall–Kier alpha value is -1.23. The van der Waals surface area contributed by atoms with E-state index in [-0.39, 0.29) is 26.2 Å². The van der Waals surface area contributed by atoms with Crippen molar-refractivity contribution in [2.24, 2.45) is 0 Å². The summed E-state index contributed by atoms with van der Waals surface area (Å²) in [5.74, 6) is 1.30. The van der Waals surface area contributed by atoms with E-state index in [9.17, 15) is 4.79 Å². The van der Waals surface area contributed by atoms with E-state index in [1.807, 2.05) is 37.1 Å². The zero-order valence-corrected chi connectivity index (χ0v) is 13.8. The van der Waals surface area contributed by atoms with Gasteiger partial charge in [-0.2, -0.15) is 0 Å². The van der Waals surface area contributed by atoms with Crippen molar-refractivity contribution in [1.29, 1.82) is 0 Å². The zero-order chi connectivity index (χ0) is 16.0. The molecule has 6 radical (unpaired) electrons. The summed E-state index contributed by atoms with van der Waals surface area (Å²) in [4.78, 5) is 11.0. The maximum absolute atomic E-state index is 11.0. The molecule has 0 unspecified atom stereocenters. The number of Topliss-reactive ketones (excluding diaryl/α,β-unsaturated/α-hetero) is 1. The molecule has 1 aromatic rings. The maximum Gasteiger partial charge on any atom is 0 e. The van der Waals surface area contributed by atoms with Gasteiger partial charge in [0, 0.05) is 31.9 Å². The van der Waals surface area contributed by atoms with Gasteiger partial charge in [-0.05, 0) is 38.2 Å². The first-order valence-electron chi connectivity index (χ1n) is 5.22. The summed E-state index contributed by atoms with van der Waals surface area (Å²) in [6, 6.07) is 7.69. The van der Waals surface area contributed by atoms with Crippen LogP contribution in [0.2, 0.25) is 0 Å². The van der Waals surface area contributed by atoms with Gasteiger partial charge >= 0.3 is 33.9 Å². The molecule has 1 aromatic carbocycles. The van der Waals surface area contributed by atoms with Crippen LogP contribution in [0.4, 0.5) is 0 Å². The van der Waals surface area contributed by atoms with Crippen LogP contribution in [-0.2, 0) is 34.4 Å². The Morgan fingerprint density at radius 2 is 1.24 bits per heavy atom. The summed E-state index contributed by atoms with van der Waals surface area (Å²) in [5.41, 5.74) is 1.92. The molecule has 1 aliphatic carbocycles. The van der Waals surface area contributed by atoms with E-state index >= 15 is 0 Å². The summed E-state index contributed by atoms with van der Waals surface area (Å²) < 4.78 is 22.5. The molecule has 1 saturated carbocycles. The van der Waals surface area contributed by atoms with Crippen molar-refractivity contribution in [2.75, 3.05) is 0 Å². The third-order valence-corrected chi connectivity index (χ3v) is 2.29. The summed E-state index contributed by atoms with van der Waals surface area (Å²) in [5, 5.41) is 0. The second kappa shape index (κ2) is 16.8. The molecule has 0 aliphatic heterocycles. The van der Waals surface area contributed by atoms with Crippen LogP contribution in [0, 0.1) is 51.6 Å². The van der Waals surface area contributed by atoms with E-state index in [2.05, 4.69) is 32.8 Å². The van der Waals surface area contributed by atoms with Crippen molar-refractivity contribution in [2.45, 2.75) is 6.92 Å². The molecule has 1 fully saturated rings. The molecule has 0 spiro atoms. The van der Waals surface area contributed by atoms with Gasteiger partial charge in [-0.15, -0.1) is 0 Å². The molecule has 106 valence electrons. The number of carbonyl (C=O) groups is 1. The minimum Gasteiger partial charge on any atom is 0 e. The Kier molecular flexibility index (Phi) is 19.8. The van der Waals surface area contributed by atoms with Crippen LogP contribution in [0.3, 0.4) is 0 Å². The van der Waals surface area contributed by atoms with Crippen molar-refractivity contribution in [1.82, 2.24) is 0 Å². The molecule has 0 amide bonds. The minimum absolute atomic E-state index is 0. The fraction of sp³-hybridized carbons (Fsp3) is 0.0625. The van der Waals surface area contributed by atoms with Gasteiger partial charge in [0.25, 0.3) is 0 Å². The molecule has 21 heavy (non-hydrogen) atoms. The number of rotatable bonds is 2. The van der Waals surface area contributed by atoms with Crippen molar-refractivity contribution in [3.63, 3.8) is 0 Å². The second-order valence-corrected chi connectivity index (χ2v) is 3.31. The Balaban J connectivity index is -0.000000414. The molecular formula is C16H11O4Re. The topological polar surface area (TPSA) is 76.8 Å². The predicted molar refractivity (Wildman–Crippen MR) is 67.8 cm³/mol. The van der Waals surface area contributed by atoms with Crippen LogP contribution in [0.5, 0.6) is 0 Å². The molecule has 0 saturated heterocycles. The molecule has 0 atom stereocenters. The van der Waals surface area contributed by atoms with Crippen LogP contribution in [-0.4, -0.2) is 5.78 Å². The van der Waals surface area contributed by atoms with Gasteiger partial charge in [0.05, 0.1) is 0 Å². The third kappa shape index (κ3) is 9.34. The number of ketones is 1. The quantitative estimate of drug-likeness (QED) is 0.385. The molecule has 2 rings (SSSR count). The molecule has 0 N–H and O–H groups in total. The number of benzene rings is 1. The van der Waals surface area contributed by atoms with Crippen molar-refractivity contribution >= 4 is 5.78 Å². The Morgan fingerprint density at radius 3 is 1.57 bits per heavy atom. The van der Waals surface area contributed by atoms with Crippen molar-refractivity contribution in [3.8, 4) is 0 Å². The molecule has 0 bridgehead atoms. The minimum atomic E-state index is 0. The predicted octanol–water partition coefficient (Wildman–Crippen LogP) is 2.53. The number of hydrogen-bond acceptors (Lipinski definition) is 1. The van der Waals surface area contributed by atoms with E-state index in [1.54, 1.807) is 6.92 Å².